The third kappa shape index (κ3) is 4.22. The van der Waals surface area contributed by atoms with E-state index in [2.05, 4.69) is 10.3 Å². The molecule has 1 heterocycles. The van der Waals surface area contributed by atoms with E-state index in [4.69, 9.17) is 16.3 Å². The summed E-state index contributed by atoms with van der Waals surface area (Å²) >= 11 is 5.85. The van der Waals surface area contributed by atoms with Crippen molar-refractivity contribution in [1.82, 2.24) is 10.3 Å². The van der Waals surface area contributed by atoms with E-state index in [-0.39, 0.29) is 29.1 Å². The van der Waals surface area contributed by atoms with Crippen LogP contribution in [0, 0.1) is 25.5 Å². The topological polar surface area (TPSA) is 54.1 Å². The Morgan fingerprint density at radius 1 is 1.22 bits per heavy atom. The predicted octanol–water partition coefficient (Wildman–Crippen LogP) is 4.45. The molecule has 0 fully saturated rings. The van der Waals surface area contributed by atoms with Gasteiger partial charge in [-0.3, -0.25) is 4.79 Å². The molecule has 3 aromatic rings. The minimum atomic E-state index is -0.474. The molecule has 4 nitrogen and oxygen atoms in total. The number of nitrogens with one attached hydrogen (secondary N) is 2. The van der Waals surface area contributed by atoms with Gasteiger partial charge in [0.1, 0.15) is 17.4 Å². The van der Waals surface area contributed by atoms with Crippen LogP contribution >= 0.6 is 11.6 Å². The Balaban J connectivity index is 1.58. The maximum Gasteiger partial charge on any atom is 0.257 e. The molecule has 0 aliphatic carbocycles. The maximum atomic E-state index is 14.0. The van der Waals surface area contributed by atoms with Gasteiger partial charge in [0.05, 0.1) is 10.5 Å². The van der Waals surface area contributed by atoms with Gasteiger partial charge in [-0.1, -0.05) is 17.7 Å². The van der Waals surface area contributed by atoms with E-state index in [9.17, 15) is 13.6 Å². The Labute approximate surface area is 160 Å². The fourth-order valence-corrected chi connectivity index (χ4v) is 3.29. The zero-order valence-electron chi connectivity index (χ0n) is 15.0. The van der Waals surface area contributed by atoms with Crippen LogP contribution in [0.25, 0.3) is 10.9 Å². The average Bonchev–Trinajstić information content (AvgIpc) is 2.95. The van der Waals surface area contributed by atoms with E-state index in [1.165, 1.54) is 18.2 Å². The Morgan fingerprint density at radius 3 is 2.74 bits per heavy atom. The minimum absolute atomic E-state index is 0.106. The quantitative estimate of drug-likeness (QED) is 0.651. The van der Waals surface area contributed by atoms with Crippen LogP contribution in [0.3, 0.4) is 0 Å². The van der Waals surface area contributed by atoms with Crippen LogP contribution in [0.1, 0.15) is 16.8 Å². The van der Waals surface area contributed by atoms with Crippen molar-refractivity contribution in [3.63, 3.8) is 0 Å². The van der Waals surface area contributed by atoms with Crippen molar-refractivity contribution in [2.24, 2.45) is 0 Å². The summed E-state index contributed by atoms with van der Waals surface area (Å²) in [7, 11) is 0. The lowest BCUT2D eigenvalue weighted by atomic mass is 10.0. The number of hydrogen-bond acceptors (Lipinski definition) is 2. The molecular formula is C20H19ClF2N2O2. The second-order valence-corrected chi connectivity index (χ2v) is 6.71. The molecule has 3 rings (SSSR count). The zero-order chi connectivity index (χ0) is 19.6. The van der Waals surface area contributed by atoms with Crippen molar-refractivity contribution in [2.75, 3.05) is 13.2 Å². The van der Waals surface area contributed by atoms with Crippen LogP contribution in [0.5, 0.6) is 5.75 Å². The molecule has 2 aromatic carbocycles. The first-order valence-corrected chi connectivity index (χ1v) is 8.85. The molecule has 1 amide bonds. The highest BCUT2D eigenvalue weighted by molar-refractivity contribution is 6.32. The van der Waals surface area contributed by atoms with Crippen molar-refractivity contribution in [3.8, 4) is 5.75 Å². The Morgan fingerprint density at radius 2 is 2.00 bits per heavy atom. The molecule has 0 spiro atoms. The first-order valence-electron chi connectivity index (χ1n) is 8.47. The highest BCUT2D eigenvalue weighted by Gasteiger charge is 2.14. The van der Waals surface area contributed by atoms with Crippen molar-refractivity contribution in [3.05, 3.63) is 63.8 Å². The van der Waals surface area contributed by atoms with Gasteiger partial charge in [-0.25, -0.2) is 8.78 Å². The van der Waals surface area contributed by atoms with Gasteiger partial charge in [0.25, 0.3) is 5.91 Å². The molecule has 0 unspecified atom stereocenters. The summed E-state index contributed by atoms with van der Waals surface area (Å²) in [4.78, 5) is 15.0. The van der Waals surface area contributed by atoms with E-state index < -0.39 is 5.82 Å². The number of carbonyl (C=O) groups is 1. The SMILES string of the molecule is Cc1[nH]c2c(F)ccc(C)c2c1CCNC(=O)COc1ccc(F)cc1Cl. The monoisotopic (exact) mass is 392 g/mol. The molecule has 7 heteroatoms. The van der Waals surface area contributed by atoms with Crippen LogP contribution in [0.15, 0.2) is 30.3 Å². The lowest BCUT2D eigenvalue weighted by Gasteiger charge is -2.09. The number of H-pyrrole nitrogens is 1. The Hall–Kier alpha value is -2.60. The number of aromatic nitrogens is 1. The molecule has 27 heavy (non-hydrogen) atoms. The number of rotatable bonds is 6. The smallest absolute Gasteiger partial charge is 0.257 e. The van der Waals surface area contributed by atoms with Gasteiger partial charge >= 0.3 is 0 Å². The van der Waals surface area contributed by atoms with Gasteiger partial charge in [-0.15, -0.1) is 0 Å². The molecule has 2 N–H and O–H groups in total. The normalized spacial score (nSPS) is 11.0. The van der Waals surface area contributed by atoms with Crippen LogP contribution in [-0.4, -0.2) is 24.0 Å². The molecule has 0 atom stereocenters. The lowest BCUT2D eigenvalue weighted by molar-refractivity contribution is -0.123. The maximum absolute atomic E-state index is 14.0. The Kier molecular flexibility index (Phi) is 5.65. The predicted molar refractivity (Wildman–Crippen MR) is 101 cm³/mol. The van der Waals surface area contributed by atoms with E-state index in [1.54, 1.807) is 6.07 Å². The fourth-order valence-electron chi connectivity index (χ4n) is 3.07. The third-order valence-corrected chi connectivity index (χ3v) is 4.67. The van der Waals surface area contributed by atoms with Crippen LogP contribution < -0.4 is 10.1 Å². The molecule has 0 bridgehead atoms. The number of amides is 1. The van der Waals surface area contributed by atoms with Gasteiger partial charge in [-0.2, -0.15) is 0 Å². The fraction of sp³-hybridized carbons (Fsp3) is 0.250. The van der Waals surface area contributed by atoms with Crippen LogP contribution in [-0.2, 0) is 11.2 Å². The summed E-state index contributed by atoms with van der Waals surface area (Å²) in [5.74, 6) is -0.848. The number of ether oxygens (including phenoxy) is 1. The Bertz CT molecular complexity index is 1000. The average molecular weight is 393 g/mol. The largest absolute Gasteiger partial charge is 0.482 e. The molecule has 0 aliphatic heterocycles. The molecule has 0 saturated carbocycles. The number of carbonyl (C=O) groups excluding carboxylic acids is 1. The van der Waals surface area contributed by atoms with Crippen molar-refractivity contribution < 1.29 is 18.3 Å². The van der Waals surface area contributed by atoms with Gasteiger partial charge in [0.15, 0.2) is 6.61 Å². The van der Waals surface area contributed by atoms with E-state index in [0.717, 1.165) is 28.3 Å². The summed E-state index contributed by atoms with van der Waals surface area (Å²) in [6, 6.07) is 6.89. The number of halogens is 3. The van der Waals surface area contributed by atoms with Gasteiger partial charge in [0.2, 0.25) is 0 Å². The summed E-state index contributed by atoms with van der Waals surface area (Å²) in [6.45, 7) is 3.96. The molecule has 0 radical (unpaired) electrons. The van der Waals surface area contributed by atoms with Gasteiger partial charge in [0, 0.05) is 17.6 Å². The first-order chi connectivity index (χ1) is 12.9. The van der Waals surface area contributed by atoms with Crippen molar-refractivity contribution in [1.29, 1.82) is 0 Å². The second kappa shape index (κ2) is 7.96. The summed E-state index contributed by atoms with van der Waals surface area (Å²) in [5.41, 5.74) is 3.32. The van der Waals surface area contributed by atoms with E-state index in [1.807, 2.05) is 13.8 Å². The number of aromatic amines is 1. The highest BCUT2D eigenvalue weighted by Crippen LogP contribution is 2.28. The van der Waals surface area contributed by atoms with E-state index >= 15 is 0 Å². The van der Waals surface area contributed by atoms with Gasteiger partial charge < -0.3 is 15.0 Å². The third-order valence-electron chi connectivity index (χ3n) is 4.38. The summed E-state index contributed by atoms with van der Waals surface area (Å²) in [5, 5.41) is 3.72. The summed E-state index contributed by atoms with van der Waals surface area (Å²) in [6.07, 6.45) is 0.555. The second-order valence-electron chi connectivity index (χ2n) is 6.31. The molecule has 1 aromatic heterocycles. The molecule has 142 valence electrons. The van der Waals surface area contributed by atoms with E-state index in [0.29, 0.717) is 18.5 Å². The minimum Gasteiger partial charge on any atom is -0.482 e. The number of fused-ring (bicyclic) bond motifs is 1. The molecule has 0 aliphatic rings. The lowest BCUT2D eigenvalue weighted by Crippen LogP contribution is -2.30. The standard InChI is InChI=1S/C20H19ClF2N2O2/c1-11-3-5-16(23)20-19(11)14(12(2)25-20)7-8-24-18(26)10-27-17-6-4-13(22)9-15(17)21/h3-6,9,25H,7-8,10H2,1-2H3,(H,24,26). The number of benzene rings is 2. The number of hydrogen-bond donors (Lipinski definition) is 2. The summed E-state index contributed by atoms with van der Waals surface area (Å²) < 4.78 is 32.3. The van der Waals surface area contributed by atoms with Crippen LogP contribution in [0.4, 0.5) is 8.78 Å². The van der Waals surface area contributed by atoms with Crippen molar-refractivity contribution in [2.45, 2.75) is 20.3 Å². The zero-order valence-corrected chi connectivity index (χ0v) is 15.7. The van der Waals surface area contributed by atoms with Gasteiger partial charge in [-0.05, 0) is 55.7 Å². The van der Waals surface area contributed by atoms with Crippen molar-refractivity contribution >= 4 is 28.4 Å². The van der Waals surface area contributed by atoms with Crippen LogP contribution in [0.2, 0.25) is 5.02 Å². The molecular weight excluding hydrogens is 374 g/mol. The first kappa shape index (κ1) is 19.2. The molecule has 0 saturated heterocycles. The highest BCUT2D eigenvalue weighted by atomic mass is 35.5. The number of aryl methyl sites for hydroxylation is 2.